The van der Waals surface area contributed by atoms with Gasteiger partial charge < -0.3 is 0 Å². The van der Waals surface area contributed by atoms with Gasteiger partial charge in [-0.2, -0.15) is 0 Å². The van der Waals surface area contributed by atoms with Gasteiger partial charge in [0, 0.05) is 1.43 Å². The van der Waals surface area contributed by atoms with Crippen molar-refractivity contribution in [2.24, 2.45) is 5.92 Å². The average Bonchev–Trinajstić information content (AvgIpc) is 2.34. The second kappa shape index (κ2) is 6.73. The molecule has 0 spiro atoms. The van der Waals surface area contributed by atoms with Crippen molar-refractivity contribution < 1.29 is 1.43 Å². The van der Waals surface area contributed by atoms with E-state index >= 15 is 0 Å². The van der Waals surface area contributed by atoms with E-state index in [9.17, 15) is 0 Å². The van der Waals surface area contributed by atoms with E-state index in [1.807, 2.05) is 13.8 Å². The van der Waals surface area contributed by atoms with Gasteiger partial charge in [0.2, 0.25) is 0 Å². The molecule has 0 aromatic heterocycles. The molecule has 0 aliphatic heterocycles. The summed E-state index contributed by atoms with van der Waals surface area (Å²) >= 11 is 0. The van der Waals surface area contributed by atoms with E-state index in [0.717, 1.165) is 11.8 Å². The minimum Gasteiger partial charge on any atom is -0.0683 e. The van der Waals surface area contributed by atoms with E-state index in [4.69, 9.17) is 0 Å². The van der Waals surface area contributed by atoms with Crippen LogP contribution in [0.15, 0.2) is 24.3 Å². The molecule has 0 atom stereocenters. The molecule has 0 N–H and O–H groups in total. The quantitative estimate of drug-likeness (QED) is 0.581. The van der Waals surface area contributed by atoms with Gasteiger partial charge in [-0.3, -0.25) is 0 Å². The van der Waals surface area contributed by atoms with Gasteiger partial charge in [0.25, 0.3) is 0 Å². The van der Waals surface area contributed by atoms with E-state index in [1.165, 1.54) is 31.2 Å². The number of hydrogen-bond acceptors (Lipinski definition) is 0. The topological polar surface area (TPSA) is 0 Å². The van der Waals surface area contributed by atoms with Crippen LogP contribution >= 0.6 is 0 Å². The van der Waals surface area contributed by atoms with Crippen LogP contribution in [0.5, 0.6) is 0 Å². The molecule has 1 aromatic rings. The molecule has 0 heteroatoms. The van der Waals surface area contributed by atoms with Crippen LogP contribution in [-0.4, -0.2) is 0 Å². The van der Waals surface area contributed by atoms with Crippen LogP contribution in [0.1, 0.15) is 64.9 Å². The molecule has 1 fully saturated rings. The standard InChI is InChI=1S/C14H20.C2H6.H2/c1-11-3-7-13(8-4-11)14-9-5-12(2)6-10-14;1-2;/h3-4,7-8,12,14H,5-6,9-10H2,1-2H3;1-2H3;1H. The van der Waals surface area contributed by atoms with Gasteiger partial charge in [0.1, 0.15) is 0 Å². The van der Waals surface area contributed by atoms with Crippen LogP contribution in [0.2, 0.25) is 0 Å². The van der Waals surface area contributed by atoms with Crippen molar-refractivity contribution in [3.05, 3.63) is 35.4 Å². The summed E-state index contributed by atoms with van der Waals surface area (Å²) in [7, 11) is 0. The number of benzene rings is 1. The molecule has 0 bridgehead atoms. The second-order valence-electron chi connectivity index (χ2n) is 4.87. The van der Waals surface area contributed by atoms with Crippen molar-refractivity contribution in [3.63, 3.8) is 0 Å². The van der Waals surface area contributed by atoms with Crippen molar-refractivity contribution in [3.8, 4) is 0 Å². The molecular weight excluding hydrogens is 192 g/mol. The Bertz CT molecular complexity index is 281. The number of aryl methyl sites for hydroxylation is 1. The minimum atomic E-state index is 0. The summed E-state index contributed by atoms with van der Waals surface area (Å²) in [5.41, 5.74) is 2.93. The predicted molar refractivity (Wildman–Crippen MR) is 75.0 cm³/mol. The summed E-state index contributed by atoms with van der Waals surface area (Å²) in [5.74, 6) is 1.79. The number of rotatable bonds is 1. The third-order valence-corrected chi connectivity index (χ3v) is 3.56. The van der Waals surface area contributed by atoms with Gasteiger partial charge in [-0.1, -0.05) is 63.4 Å². The summed E-state index contributed by atoms with van der Waals surface area (Å²) in [6.07, 6.45) is 5.62. The Morgan fingerprint density at radius 2 is 1.44 bits per heavy atom. The van der Waals surface area contributed by atoms with Crippen LogP contribution in [0.25, 0.3) is 0 Å². The Kier molecular flexibility index (Phi) is 5.59. The van der Waals surface area contributed by atoms with Crippen LogP contribution in [-0.2, 0) is 0 Å². The lowest BCUT2D eigenvalue weighted by Crippen LogP contribution is -2.10. The van der Waals surface area contributed by atoms with Crippen molar-refractivity contribution in [1.82, 2.24) is 0 Å². The van der Waals surface area contributed by atoms with Gasteiger partial charge in [-0.05, 0) is 37.2 Å². The summed E-state index contributed by atoms with van der Waals surface area (Å²) in [6, 6.07) is 9.12. The van der Waals surface area contributed by atoms with E-state index in [-0.39, 0.29) is 1.43 Å². The Morgan fingerprint density at radius 3 is 1.94 bits per heavy atom. The first kappa shape index (κ1) is 13.3. The van der Waals surface area contributed by atoms with E-state index in [0.29, 0.717) is 0 Å². The van der Waals surface area contributed by atoms with Gasteiger partial charge >= 0.3 is 0 Å². The van der Waals surface area contributed by atoms with Crippen molar-refractivity contribution in [2.75, 3.05) is 0 Å². The molecule has 1 saturated carbocycles. The fourth-order valence-electron chi connectivity index (χ4n) is 2.43. The van der Waals surface area contributed by atoms with Crippen LogP contribution in [0.4, 0.5) is 0 Å². The van der Waals surface area contributed by atoms with Gasteiger partial charge in [-0.25, -0.2) is 0 Å². The Balaban J connectivity index is 0.000000811. The highest BCUT2D eigenvalue weighted by Gasteiger charge is 2.19. The first-order valence-corrected chi connectivity index (χ1v) is 6.82. The van der Waals surface area contributed by atoms with Crippen molar-refractivity contribution in [1.29, 1.82) is 0 Å². The lowest BCUT2D eigenvalue weighted by molar-refractivity contribution is 0.348. The Morgan fingerprint density at radius 1 is 0.938 bits per heavy atom. The van der Waals surface area contributed by atoms with Crippen LogP contribution in [0.3, 0.4) is 0 Å². The van der Waals surface area contributed by atoms with Crippen LogP contribution < -0.4 is 0 Å². The van der Waals surface area contributed by atoms with E-state index < -0.39 is 0 Å². The molecule has 16 heavy (non-hydrogen) atoms. The highest BCUT2D eigenvalue weighted by molar-refractivity contribution is 5.24. The molecule has 0 radical (unpaired) electrons. The fraction of sp³-hybridized carbons (Fsp3) is 0.625. The molecule has 92 valence electrons. The number of hydrogen-bond donors (Lipinski definition) is 0. The summed E-state index contributed by atoms with van der Waals surface area (Å²) in [4.78, 5) is 0. The molecule has 0 unspecified atom stereocenters. The highest BCUT2D eigenvalue weighted by atomic mass is 14.2. The highest BCUT2D eigenvalue weighted by Crippen LogP contribution is 2.35. The van der Waals surface area contributed by atoms with Crippen molar-refractivity contribution >= 4 is 0 Å². The lowest BCUT2D eigenvalue weighted by atomic mass is 9.79. The third kappa shape index (κ3) is 3.66. The minimum absolute atomic E-state index is 0. The Hall–Kier alpha value is -0.780. The first-order valence-electron chi connectivity index (χ1n) is 6.82. The van der Waals surface area contributed by atoms with Gasteiger partial charge in [-0.15, -0.1) is 0 Å². The van der Waals surface area contributed by atoms with E-state index in [1.54, 1.807) is 5.56 Å². The molecule has 1 aliphatic carbocycles. The van der Waals surface area contributed by atoms with E-state index in [2.05, 4.69) is 38.1 Å². The summed E-state index contributed by atoms with van der Waals surface area (Å²) in [6.45, 7) is 8.54. The second-order valence-corrected chi connectivity index (χ2v) is 4.87. The molecule has 0 heterocycles. The molecular formula is C16H28. The molecule has 0 saturated heterocycles. The smallest absolute Gasteiger partial charge is 0 e. The van der Waals surface area contributed by atoms with Gasteiger partial charge in [0.15, 0.2) is 0 Å². The third-order valence-electron chi connectivity index (χ3n) is 3.56. The predicted octanol–water partition coefficient (Wildman–Crippen LogP) is 5.56. The molecule has 1 aromatic carbocycles. The first-order chi connectivity index (χ1) is 7.75. The maximum absolute atomic E-state index is 2.38. The molecule has 2 rings (SSSR count). The maximum Gasteiger partial charge on any atom is 0 e. The zero-order valence-electron chi connectivity index (χ0n) is 11.3. The van der Waals surface area contributed by atoms with Crippen molar-refractivity contribution in [2.45, 2.75) is 59.3 Å². The Labute approximate surface area is 103 Å². The van der Waals surface area contributed by atoms with Gasteiger partial charge in [0.05, 0.1) is 0 Å². The fourth-order valence-corrected chi connectivity index (χ4v) is 2.43. The molecule has 1 aliphatic rings. The monoisotopic (exact) mass is 220 g/mol. The SMILES string of the molecule is CC.Cc1ccc(C2CCC(C)CC2)cc1.[HH]. The van der Waals surface area contributed by atoms with Crippen LogP contribution in [0, 0.1) is 12.8 Å². The summed E-state index contributed by atoms with van der Waals surface area (Å²) in [5, 5.41) is 0. The summed E-state index contributed by atoms with van der Waals surface area (Å²) < 4.78 is 0. The molecule has 0 amide bonds. The molecule has 0 nitrogen and oxygen atoms in total. The normalized spacial score (nSPS) is 24.5. The zero-order chi connectivity index (χ0) is 12.0. The average molecular weight is 220 g/mol. The lowest BCUT2D eigenvalue weighted by Gasteiger charge is -2.26. The zero-order valence-corrected chi connectivity index (χ0v) is 11.3. The largest absolute Gasteiger partial charge is 0.0683 e. The maximum atomic E-state index is 2.38.